The predicted molar refractivity (Wildman–Crippen MR) is 72.1 cm³/mol. The Bertz CT molecular complexity index is 304. The number of phenolic OH excluding ortho intramolecular Hbond substituents is 1. The number of aromatic hydroxyl groups is 1. The van der Waals surface area contributed by atoms with Crippen molar-refractivity contribution >= 4 is 15.9 Å². The molecule has 16 heavy (non-hydrogen) atoms. The van der Waals surface area contributed by atoms with E-state index >= 15 is 0 Å². The lowest BCUT2D eigenvalue weighted by molar-refractivity contribution is 0.318. The highest BCUT2D eigenvalue weighted by atomic mass is 79.9. The quantitative estimate of drug-likeness (QED) is 0.613. The monoisotopic (exact) mass is 285 g/mol. The number of phenols is 1. The number of benzene rings is 1. The van der Waals surface area contributed by atoms with Crippen LogP contribution in [-0.4, -0.2) is 28.9 Å². The molecule has 0 saturated heterocycles. The van der Waals surface area contributed by atoms with Gasteiger partial charge in [-0.25, -0.2) is 0 Å². The minimum atomic E-state index is 0.352. The van der Waals surface area contributed by atoms with Crippen LogP contribution < -0.4 is 0 Å². The van der Waals surface area contributed by atoms with Crippen molar-refractivity contribution in [2.45, 2.75) is 25.8 Å². The van der Waals surface area contributed by atoms with Crippen LogP contribution >= 0.6 is 15.9 Å². The first-order chi connectivity index (χ1) is 7.72. The van der Waals surface area contributed by atoms with Gasteiger partial charge in [0.25, 0.3) is 0 Å². The third-order valence-electron chi connectivity index (χ3n) is 2.54. The maximum atomic E-state index is 9.35. The van der Waals surface area contributed by atoms with E-state index in [0.29, 0.717) is 5.75 Å². The van der Waals surface area contributed by atoms with Crippen LogP contribution in [0.2, 0.25) is 0 Å². The number of alkyl halides is 1. The molecule has 90 valence electrons. The molecule has 0 aliphatic heterocycles. The molecule has 0 aliphatic rings. The molecular weight excluding hydrogens is 266 g/mol. The Morgan fingerprint density at radius 3 is 2.75 bits per heavy atom. The Morgan fingerprint density at radius 1 is 1.25 bits per heavy atom. The molecule has 0 unspecified atom stereocenters. The summed E-state index contributed by atoms with van der Waals surface area (Å²) in [6, 6.07) is 7.48. The number of halogens is 1. The molecule has 0 amide bonds. The van der Waals surface area contributed by atoms with Crippen molar-refractivity contribution < 1.29 is 5.11 Å². The lowest BCUT2D eigenvalue weighted by Crippen LogP contribution is -2.19. The van der Waals surface area contributed by atoms with Crippen LogP contribution in [0.3, 0.4) is 0 Å². The fourth-order valence-corrected chi connectivity index (χ4v) is 2.10. The Kier molecular flexibility index (Phi) is 6.50. The molecule has 0 spiro atoms. The van der Waals surface area contributed by atoms with E-state index in [-0.39, 0.29) is 0 Å². The van der Waals surface area contributed by atoms with Crippen LogP contribution in [0.25, 0.3) is 0 Å². The summed E-state index contributed by atoms with van der Waals surface area (Å²) >= 11 is 3.44. The van der Waals surface area contributed by atoms with Crippen molar-refractivity contribution in [3.8, 4) is 5.75 Å². The largest absolute Gasteiger partial charge is 0.508 e. The summed E-state index contributed by atoms with van der Waals surface area (Å²) in [5.74, 6) is 0.352. The molecule has 1 aromatic carbocycles. The van der Waals surface area contributed by atoms with Gasteiger partial charge in [-0.1, -0.05) is 34.5 Å². The highest BCUT2D eigenvalue weighted by molar-refractivity contribution is 9.09. The molecule has 1 rings (SSSR count). The molecule has 0 radical (unpaired) electrons. The predicted octanol–water partition coefficient (Wildman–Crippen LogP) is 3.39. The van der Waals surface area contributed by atoms with Gasteiger partial charge in [0, 0.05) is 11.9 Å². The number of hydrogen-bond donors (Lipinski definition) is 1. The minimum absolute atomic E-state index is 0.352. The fraction of sp³-hybridized carbons (Fsp3) is 0.538. The Labute approximate surface area is 106 Å². The van der Waals surface area contributed by atoms with Crippen LogP contribution in [0.1, 0.15) is 24.8 Å². The number of hydrogen-bond acceptors (Lipinski definition) is 2. The second-order valence-corrected chi connectivity index (χ2v) is 4.95. The van der Waals surface area contributed by atoms with Gasteiger partial charge in [0.1, 0.15) is 5.75 Å². The zero-order chi connectivity index (χ0) is 11.8. The van der Waals surface area contributed by atoms with E-state index in [1.807, 2.05) is 12.1 Å². The van der Waals surface area contributed by atoms with E-state index in [9.17, 15) is 5.11 Å². The van der Waals surface area contributed by atoms with Gasteiger partial charge in [-0.3, -0.25) is 0 Å². The van der Waals surface area contributed by atoms with E-state index in [2.05, 4.69) is 33.9 Å². The first-order valence-corrected chi connectivity index (χ1v) is 6.87. The standard InChI is InChI=1S/C13H20BrNO/c1-15(9-4-2-3-8-14)11-12-6-5-7-13(16)10-12/h5-7,10,16H,2-4,8-9,11H2,1H3. The molecule has 0 saturated carbocycles. The smallest absolute Gasteiger partial charge is 0.115 e. The molecule has 0 aliphatic carbocycles. The molecule has 0 bridgehead atoms. The van der Waals surface area contributed by atoms with Gasteiger partial charge >= 0.3 is 0 Å². The van der Waals surface area contributed by atoms with Gasteiger partial charge in [-0.05, 0) is 44.1 Å². The van der Waals surface area contributed by atoms with Gasteiger partial charge in [0.15, 0.2) is 0 Å². The molecule has 0 fully saturated rings. The summed E-state index contributed by atoms with van der Waals surface area (Å²) < 4.78 is 0. The van der Waals surface area contributed by atoms with Crippen LogP contribution in [0.5, 0.6) is 5.75 Å². The summed E-state index contributed by atoms with van der Waals surface area (Å²) in [6.45, 7) is 2.02. The van der Waals surface area contributed by atoms with Gasteiger partial charge in [0.05, 0.1) is 0 Å². The SMILES string of the molecule is CN(CCCCCBr)Cc1cccc(O)c1. The average Bonchev–Trinajstić information content (AvgIpc) is 2.24. The van der Waals surface area contributed by atoms with E-state index in [1.165, 1.54) is 24.8 Å². The molecule has 1 N–H and O–H groups in total. The Morgan fingerprint density at radius 2 is 2.06 bits per heavy atom. The van der Waals surface area contributed by atoms with E-state index < -0.39 is 0 Å². The number of unbranched alkanes of at least 4 members (excludes halogenated alkanes) is 2. The molecule has 1 aromatic rings. The zero-order valence-corrected chi connectivity index (χ0v) is 11.4. The second-order valence-electron chi connectivity index (χ2n) is 4.16. The highest BCUT2D eigenvalue weighted by Crippen LogP contribution is 2.12. The lowest BCUT2D eigenvalue weighted by Gasteiger charge is -2.16. The van der Waals surface area contributed by atoms with Crippen molar-refractivity contribution in [3.05, 3.63) is 29.8 Å². The van der Waals surface area contributed by atoms with Crippen LogP contribution in [0.4, 0.5) is 0 Å². The highest BCUT2D eigenvalue weighted by Gasteiger charge is 2.00. The molecular formula is C13H20BrNO. The second kappa shape index (κ2) is 7.69. The lowest BCUT2D eigenvalue weighted by atomic mass is 10.2. The zero-order valence-electron chi connectivity index (χ0n) is 9.82. The summed E-state index contributed by atoms with van der Waals surface area (Å²) in [5, 5.41) is 10.4. The average molecular weight is 286 g/mol. The Balaban J connectivity index is 2.25. The van der Waals surface area contributed by atoms with Crippen molar-refractivity contribution in [2.24, 2.45) is 0 Å². The van der Waals surface area contributed by atoms with Gasteiger partial charge in [-0.2, -0.15) is 0 Å². The number of rotatable bonds is 7. The molecule has 0 heterocycles. The van der Waals surface area contributed by atoms with Gasteiger partial charge in [0.2, 0.25) is 0 Å². The molecule has 0 aromatic heterocycles. The summed E-state index contributed by atoms with van der Waals surface area (Å²) in [6.07, 6.45) is 3.76. The van der Waals surface area contributed by atoms with Crippen molar-refractivity contribution in [1.82, 2.24) is 4.90 Å². The minimum Gasteiger partial charge on any atom is -0.508 e. The maximum Gasteiger partial charge on any atom is 0.115 e. The Hall–Kier alpha value is -0.540. The van der Waals surface area contributed by atoms with Crippen molar-refractivity contribution in [3.63, 3.8) is 0 Å². The van der Waals surface area contributed by atoms with Gasteiger partial charge in [-0.15, -0.1) is 0 Å². The van der Waals surface area contributed by atoms with E-state index in [1.54, 1.807) is 6.07 Å². The van der Waals surface area contributed by atoms with Crippen LogP contribution in [0, 0.1) is 0 Å². The maximum absolute atomic E-state index is 9.35. The first kappa shape index (κ1) is 13.5. The molecule has 3 heteroatoms. The van der Waals surface area contributed by atoms with E-state index in [0.717, 1.165) is 18.4 Å². The first-order valence-electron chi connectivity index (χ1n) is 5.75. The molecule has 2 nitrogen and oxygen atoms in total. The number of nitrogens with zero attached hydrogens (tertiary/aromatic N) is 1. The van der Waals surface area contributed by atoms with Crippen LogP contribution in [-0.2, 0) is 6.54 Å². The van der Waals surface area contributed by atoms with E-state index in [4.69, 9.17) is 0 Å². The summed E-state index contributed by atoms with van der Waals surface area (Å²) in [5.41, 5.74) is 1.17. The third kappa shape index (κ3) is 5.52. The summed E-state index contributed by atoms with van der Waals surface area (Å²) in [4.78, 5) is 2.29. The molecule has 0 atom stereocenters. The topological polar surface area (TPSA) is 23.5 Å². The normalized spacial score (nSPS) is 10.9. The van der Waals surface area contributed by atoms with Crippen molar-refractivity contribution in [2.75, 3.05) is 18.9 Å². The summed E-state index contributed by atoms with van der Waals surface area (Å²) in [7, 11) is 2.12. The van der Waals surface area contributed by atoms with Crippen LogP contribution in [0.15, 0.2) is 24.3 Å². The third-order valence-corrected chi connectivity index (χ3v) is 3.10. The van der Waals surface area contributed by atoms with Gasteiger partial charge < -0.3 is 10.0 Å². The van der Waals surface area contributed by atoms with Crippen molar-refractivity contribution in [1.29, 1.82) is 0 Å². The fourth-order valence-electron chi connectivity index (χ4n) is 1.70.